The average Bonchev–Trinajstić information content (AvgIpc) is 3.27. The van der Waals surface area contributed by atoms with Crippen LogP contribution in [0.1, 0.15) is 17.4 Å². The van der Waals surface area contributed by atoms with Gasteiger partial charge < -0.3 is 5.32 Å². The van der Waals surface area contributed by atoms with Crippen molar-refractivity contribution in [3.63, 3.8) is 0 Å². The molecule has 3 rings (SSSR count). The molecule has 8 heteroatoms. The maximum Gasteiger partial charge on any atom is 0.233 e. The molecule has 1 N–H and O–H groups in total. The smallest absolute Gasteiger partial charge is 0.233 e. The van der Waals surface area contributed by atoms with Crippen molar-refractivity contribution < 1.29 is 4.79 Å². The molecular formula is C17H17ClN4OS2. The summed E-state index contributed by atoms with van der Waals surface area (Å²) in [5.41, 5.74) is 1.88. The number of aromatic nitrogens is 3. The third kappa shape index (κ3) is 4.42. The van der Waals surface area contributed by atoms with Crippen molar-refractivity contribution in [3.8, 4) is 5.69 Å². The van der Waals surface area contributed by atoms with Crippen LogP contribution in [0, 0.1) is 6.92 Å². The Labute approximate surface area is 159 Å². The maximum absolute atomic E-state index is 12.3. The Morgan fingerprint density at radius 2 is 2.28 bits per heavy atom. The highest BCUT2D eigenvalue weighted by Gasteiger charge is 2.18. The molecule has 0 aliphatic rings. The number of hydrogen-bond donors (Lipinski definition) is 1. The van der Waals surface area contributed by atoms with Crippen LogP contribution in [0.25, 0.3) is 5.69 Å². The minimum absolute atomic E-state index is 0.0325. The summed E-state index contributed by atoms with van der Waals surface area (Å²) in [6.07, 6.45) is 1.62. The van der Waals surface area contributed by atoms with Crippen LogP contribution in [0.2, 0.25) is 5.02 Å². The van der Waals surface area contributed by atoms with Gasteiger partial charge in [-0.3, -0.25) is 9.36 Å². The van der Waals surface area contributed by atoms with E-state index in [1.807, 2.05) is 54.1 Å². The van der Waals surface area contributed by atoms with Crippen molar-refractivity contribution in [1.82, 2.24) is 20.1 Å². The number of nitrogens with zero attached hydrogens (tertiary/aromatic N) is 3. The Morgan fingerprint density at radius 1 is 1.44 bits per heavy atom. The van der Waals surface area contributed by atoms with Crippen molar-refractivity contribution in [2.75, 3.05) is 0 Å². The summed E-state index contributed by atoms with van der Waals surface area (Å²) >= 11 is 9.19. The number of carbonyl (C=O) groups excluding carboxylic acids is 1. The van der Waals surface area contributed by atoms with Gasteiger partial charge in [0.05, 0.1) is 17.5 Å². The summed E-state index contributed by atoms with van der Waals surface area (Å²) in [5.74, 6) is -0.0325. The molecule has 0 saturated carbocycles. The molecule has 1 amide bonds. The third-order valence-corrected chi connectivity index (χ3v) is 5.96. The zero-order valence-corrected chi connectivity index (χ0v) is 16.2. The van der Waals surface area contributed by atoms with Crippen LogP contribution in [-0.2, 0) is 11.3 Å². The number of halogens is 1. The lowest BCUT2D eigenvalue weighted by atomic mass is 10.2. The summed E-state index contributed by atoms with van der Waals surface area (Å²) in [6.45, 7) is 4.35. The number of aryl methyl sites for hydroxylation is 1. The lowest BCUT2D eigenvalue weighted by Crippen LogP contribution is -2.30. The van der Waals surface area contributed by atoms with E-state index >= 15 is 0 Å². The van der Waals surface area contributed by atoms with Gasteiger partial charge in [0.2, 0.25) is 5.91 Å². The molecule has 0 saturated heterocycles. The summed E-state index contributed by atoms with van der Waals surface area (Å²) in [6, 6.07) is 9.74. The molecule has 5 nitrogen and oxygen atoms in total. The van der Waals surface area contributed by atoms with Crippen molar-refractivity contribution in [2.45, 2.75) is 30.8 Å². The molecule has 0 aliphatic heterocycles. The van der Waals surface area contributed by atoms with E-state index in [0.29, 0.717) is 16.7 Å². The van der Waals surface area contributed by atoms with Crippen molar-refractivity contribution in [2.24, 2.45) is 0 Å². The predicted octanol–water partition coefficient (Wildman–Crippen LogP) is 4.09. The molecule has 3 aromatic rings. The van der Waals surface area contributed by atoms with Crippen LogP contribution >= 0.6 is 34.7 Å². The van der Waals surface area contributed by atoms with Crippen LogP contribution in [0.3, 0.4) is 0 Å². The van der Waals surface area contributed by atoms with E-state index in [1.165, 1.54) is 11.8 Å². The monoisotopic (exact) mass is 392 g/mol. The standard InChI is InChI=1S/C17H17ClN4OS2/c1-11-5-6-13(8-15(11)18)22-10-20-21-17(22)25-12(2)16(23)19-9-14-4-3-7-24-14/h3-8,10,12H,9H2,1-2H3,(H,19,23). The highest BCUT2D eigenvalue weighted by molar-refractivity contribution is 8.00. The van der Waals surface area contributed by atoms with Crippen LogP contribution in [-0.4, -0.2) is 25.9 Å². The first-order valence-corrected chi connectivity index (χ1v) is 9.81. The molecule has 2 aromatic heterocycles. The highest BCUT2D eigenvalue weighted by atomic mass is 35.5. The van der Waals surface area contributed by atoms with E-state index in [9.17, 15) is 4.79 Å². The van der Waals surface area contributed by atoms with E-state index in [0.717, 1.165) is 16.1 Å². The minimum atomic E-state index is -0.288. The van der Waals surface area contributed by atoms with Crippen LogP contribution in [0.4, 0.5) is 0 Å². The zero-order chi connectivity index (χ0) is 17.8. The Bertz CT molecular complexity index is 863. The average molecular weight is 393 g/mol. The fourth-order valence-corrected chi connectivity index (χ4v) is 3.84. The number of thiophene rings is 1. The molecule has 0 bridgehead atoms. The van der Waals surface area contributed by atoms with E-state index < -0.39 is 0 Å². The molecule has 0 spiro atoms. The predicted molar refractivity (Wildman–Crippen MR) is 103 cm³/mol. The number of hydrogen-bond acceptors (Lipinski definition) is 5. The Kier molecular flexibility index (Phi) is 5.78. The minimum Gasteiger partial charge on any atom is -0.350 e. The molecule has 1 atom stereocenters. The Hall–Kier alpha value is -1.83. The number of amides is 1. The first-order chi connectivity index (χ1) is 12.0. The molecular weight excluding hydrogens is 376 g/mol. The van der Waals surface area contributed by atoms with E-state index in [2.05, 4.69) is 15.5 Å². The first kappa shape index (κ1) is 18.0. The summed E-state index contributed by atoms with van der Waals surface area (Å²) in [5, 5.41) is 14.1. The van der Waals surface area contributed by atoms with Crippen LogP contribution < -0.4 is 5.32 Å². The van der Waals surface area contributed by atoms with E-state index in [4.69, 9.17) is 11.6 Å². The van der Waals surface area contributed by atoms with Gasteiger partial charge in [-0.15, -0.1) is 21.5 Å². The number of benzene rings is 1. The van der Waals surface area contributed by atoms with Crippen molar-refractivity contribution in [1.29, 1.82) is 0 Å². The SMILES string of the molecule is Cc1ccc(-n2cnnc2SC(C)C(=O)NCc2cccs2)cc1Cl. The van der Waals surface area contributed by atoms with Crippen molar-refractivity contribution >= 4 is 40.6 Å². The summed E-state index contributed by atoms with van der Waals surface area (Å²) < 4.78 is 1.83. The summed E-state index contributed by atoms with van der Waals surface area (Å²) in [4.78, 5) is 13.4. The van der Waals surface area contributed by atoms with Gasteiger partial charge in [-0.1, -0.05) is 35.5 Å². The molecule has 0 aliphatic carbocycles. The van der Waals surface area contributed by atoms with Gasteiger partial charge in [-0.2, -0.15) is 0 Å². The second-order valence-electron chi connectivity index (χ2n) is 5.47. The van der Waals surface area contributed by atoms with Gasteiger partial charge in [-0.25, -0.2) is 0 Å². The maximum atomic E-state index is 12.3. The van der Waals surface area contributed by atoms with E-state index in [-0.39, 0.29) is 11.2 Å². The van der Waals surface area contributed by atoms with Gasteiger partial charge in [-0.05, 0) is 43.0 Å². The van der Waals surface area contributed by atoms with Crippen molar-refractivity contribution in [3.05, 3.63) is 57.5 Å². The van der Waals surface area contributed by atoms with E-state index in [1.54, 1.807) is 17.7 Å². The number of rotatable bonds is 6. The molecule has 1 aromatic carbocycles. The number of nitrogens with one attached hydrogen (secondary N) is 1. The normalized spacial score (nSPS) is 12.1. The van der Waals surface area contributed by atoms with Gasteiger partial charge in [0.1, 0.15) is 6.33 Å². The molecule has 0 fully saturated rings. The van der Waals surface area contributed by atoms with Gasteiger partial charge in [0, 0.05) is 9.90 Å². The third-order valence-electron chi connectivity index (χ3n) is 3.62. The second kappa shape index (κ2) is 8.03. The fourth-order valence-electron chi connectivity index (χ4n) is 2.16. The van der Waals surface area contributed by atoms with Gasteiger partial charge >= 0.3 is 0 Å². The van der Waals surface area contributed by atoms with Gasteiger partial charge in [0.25, 0.3) is 0 Å². The topological polar surface area (TPSA) is 59.8 Å². The fraction of sp³-hybridized carbons (Fsp3) is 0.235. The highest BCUT2D eigenvalue weighted by Crippen LogP contribution is 2.26. The number of carbonyl (C=O) groups is 1. The van der Waals surface area contributed by atoms with Gasteiger partial charge in [0.15, 0.2) is 5.16 Å². The number of thioether (sulfide) groups is 1. The molecule has 25 heavy (non-hydrogen) atoms. The lowest BCUT2D eigenvalue weighted by Gasteiger charge is -2.12. The Balaban J connectivity index is 1.67. The van der Waals surface area contributed by atoms with Crippen LogP contribution in [0.5, 0.6) is 0 Å². The second-order valence-corrected chi connectivity index (χ2v) is 8.22. The molecule has 130 valence electrons. The lowest BCUT2D eigenvalue weighted by molar-refractivity contribution is -0.120. The largest absolute Gasteiger partial charge is 0.350 e. The first-order valence-electron chi connectivity index (χ1n) is 7.68. The quantitative estimate of drug-likeness (QED) is 0.642. The molecule has 1 unspecified atom stereocenters. The molecule has 0 radical (unpaired) electrons. The molecule has 2 heterocycles. The summed E-state index contributed by atoms with van der Waals surface area (Å²) in [7, 11) is 0. The zero-order valence-electron chi connectivity index (χ0n) is 13.8. The Morgan fingerprint density at radius 3 is 3.00 bits per heavy atom. The van der Waals surface area contributed by atoms with Crippen LogP contribution in [0.15, 0.2) is 47.2 Å².